The molecule has 0 atom stereocenters. The first-order valence-corrected chi connectivity index (χ1v) is 8.78. The van der Waals surface area contributed by atoms with Gasteiger partial charge in [0.15, 0.2) is 0 Å². The second kappa shape index (κ2) is 9.02. The van der Waals surface area contributed by atoms with Gasteiger partial charge < -0.3 is 10.6 Å². The number of hydrogen-bond acceptors (Lipinski definition) is 2. The van der Waals surface area contributed by atoms with Gasteiger partial charge in [-0.1, -0.05) is 38.0 Å². The van der Waals surface area contributed by atoms with E-state index < -0.39 is 0 Å². The quantitative estimate of drug-likeness (QED) is 0.732. The van der Waals surface area contributed by atoms with Crippen LogP contribution in [0.2, 0.25) is 0 Å². The first kappa shape index (κ1) is 18.7. The average molecular weight is 338 g/mol. The molecule has 25 heavy (non-hydrogen) atoms. The molecule has 4 heteroatoms. The van der Waals surface area contributed by atoms with Crippen molar-refractivity contribution in [1.82, 2.24) is 5.32 Å². The van der Waals surface area contributed by atoms with Gasteiger partial charge in [0.05, 0.1) is 0 Å². The zero-order valence-corrected chi connectivity index (χ0v) is 15.2. The van der Waals surface area contributed by atoms with E-state index in [9.17, 15) is 9.59 Å². The number of anilines is 1. The van der Waals surface area contributed by atoms with E-state index in [4.69, 9.17) is 0 Å². The third-order valence-electron chi connectivity index (χ3n) is 4.19. The standard InChI is InChI=1S/C21H26N2O2/c1-4-5-6-14-22-20(24)17-10-12-18(13-11-17)21(25)23-19-15(2)8-7-9-16(19)3/h7-13H,4-6,14H2,1-3H3,(H,22,24)(H,23,25). The summed E-state index contributed by atoms with van der Waals surface area (Å²) in [6.07, 6.45) is 3.22. The second-order valence-electron chi connectivity index (χ2n) is 6.26. The smallest absolute Gasteiger partial charge is 0.255 e. The molecule has 0 saturated heterocycles. The Morgan fingerprint density at radius 2 is 1.40 bits per heavy atom. The lowest BCUT2D eigenvalue weighted by molar-refractivity contribution is 0.0951. The van der Waals surface area contributed by atoms with Gasteiger partial charge in [-0.3, -0.25) is 9.59 Å². The van der Waals surface area contributed by atoms with E-state index >= 15 is 0 Å². The molecule has 0 saturated carbocycles. The second-order valence-corrected chi connectivity index (χ2v) is 6.26. The monoisotopic (exact) mass is 338 g/mol. The Labute approximate surface area is 149 Å². The van der Waals surface area contributed by atoms with E-state index in [-0.39, 0.29) is 11.8 Å². The molecule has 2 N–H and O–H groups in total. The molecular weight excluding hydrogens is 312 g/mol. The van der Waals surface area contributed by atoms with Crippen molar-refractivity contribution in [3.8, 4) is 0 Å². The van der Waals surface area contributed by atoms with Gasteiger partial charge in [0.25, 0.3) is 11.8 Å². The summed E-state index contributed by atoms with van der Waals surface area (Å²) >= 11 is 0. The van der Waals surface area contributed by atoms with Crippen LogP contribution in [0.1, 0.15) is 58.0 Å². The van der Waals surface area contributed by atoms with Gasteiger partial charge in [0, 0.05) is 23.4 Å². The lowest BCUT2D eigenvalue weighted by Crippen LogP contribution is -2.24. The van der Waals surface area contributed by atoms with Crippen molar-refractivity contribution in [3.05, 3.63) is 64.7 Å². The molecule has 2 aromatic carbocycles. The van der Waals surface area contributed by atoms with Crippen molar-refractivity contribution >= 4 is 17.5 Å². The summed E-state index contributed by atoms with van der Waals surface area (Å²) < 4.78 is 0. The van der Waals surface area contributed by atoms with E-state index in [0.717, 1.165) is 36.1 Å². The molecule has 0 aliphatic heterocycles. The number of unbranched alkanes of at least 4 members (excludes halogenated alkanes) is 2. The molecule has 2 rings (SSSR count). The lowest BCUT2D eigenvalue weighted by Gasteiger charge is -2.11. The molecule has 0 unspecified atom stereocenters. The average Bonchev–Trinajstić information content (AvgIpc) is 2.62. The van der Waals surface area contributed by atoms with E-state index in [1.54, 1.807) is 24.3 Å². The molecule has 0 aliphatic rings. The van der Waals surface area contributed by atoms with Crippen LogP contribution < -0.4 is 10.6 Å². The highest BCUT2D eigenvalue weighted by atomic mass is 16.2. The minimum Gasteiger partial charge on any atom is -0.352 e. The Morgan fingerprint density at radius 1 is 0.840 bits per heavy atom. The summed E-state index contributed by atoms with van der Waals surface area (Å²) in [5.74, 6) is -0.273. The van der Waals surface area contributed by atoms with Gasteiger partial charge in [-0.15, -0.1) is 0 Å². The third-order valence-corrected chi connectivity index (χ3v) is 4.19. The minimum absolute atomic E-state index is 0.0993. The number of benzene rings is 2. The normalized spacial score (nSPS) is 10.4. The number of nitrogens with one attached hydrogen (secondary N) is 2. The summed E-state index contributed by atoms with van der Waals surface area (Å²) in [5.41, 5.74) is 3.99. The van der Waals surface area contributed by atoms with Crippen molar-refractivity contribution in [1.29, 1.82) is 0 Å². The fourth-order valence-corrected chi connectivity index (χ4v) is 2.65. The van der Waals surface area contributed by atoms with E-state index in [1.165, 1.54) is 0 Å². The molecule has 0 aliphatic carbocycles. The molecule has 0 aromatic heterocycles. The van der Waals surface area contributed by atoms with Crippen molar-refractivity contribution in [2.75, 3.05) is 11.9 Å². The van der Waals surface area contributed by atoms with Gasteiger partial charge in [-0.05, 0) is 55.7 Å². The predicted octanol–water partition coefficient (Wildman–Crippen LogP) is 4.48. The number of rotatable bonds is 7. The van der Waals surface area contributed by atoms with Gasteiger partial charge in [0.1, 0.15) is 0 Å². The van der Waals surface area contributed by atoms with Gasteiger partial charge >= 0.3 is 0 Å². The lowest BCUT2D eigenvalue weighted by atomic mass is 10.1. The van der Waals surface area contributed by atoms with Crippen LogP contribution in [0.4, 0.5) is 5.69 Å². The van der Waals surface area contributed by atoms with E-state index in [1.807, 2.05) is 32.0 Å². The van der Waals surface area contributed by atoms with Gasteiger partial charge in [-0.2, -0.15) is 0 Å². The van der Waals surface area contributed by atoms with E-state index in [2.05, 4.69) is 17.6 Å². The van der Waals surface area contributed by atoms with Crippen LogP contribution in [0.25, 0.3) is 0 Å². The maximum Gasteiger partial charge on any atom is 0.255 e. The van der Waals surface area contributed by atoms with Crippen LogP contribution in [0, 0.1) is 13.8 Å². The largest absolute Gasteiger partial charge is 0.352 e. The highest BCUT2D eigenvalue weighted by molar-refractivity contribution is 6.05. The maximum absolute atomic E-state index is 12.4. The number of amides is 2. The SMILES string of the molecule is CCCCCNC(=O)c1ccc(C(=O)Nc2c(C)cccc2C)cc1. The number of carbonyl (C=O) groups excluding carboxylic acids is 2. The molecule has 2 amide bonds. The summed E-state index contributed by atoms with van der Waals surface area (Å²) in [7, 11) is 0. The van der Waals surface area contributed by atoms with Crippen LogP contribution in [0.3, 0.4) is 0 Å². The van der Waals surface area contributed by atoms with Crippen LogP contribution in [0.5, 0.6) is 0 Å². The number of para-hydroxylation sites is 1. The van der Waals surface area contributed by atoms with E-state index in [0.29, 0.717) is 17.7 Å². The molecule has 0 bridgehead atoms. The van der Waals surface area contributed by atoms with Crippen LogP contribution in [-0.4, -0.2) is 18.4 Å². The fraction of sp³-hybridized carbons (Fsp3) is 0.333. The first-order chi connectivity index (χ1) is 12.0. The van der Waals surface area contributed by atoms with Crippen molar-refractivity contribution in [2.45, 2.75) is 40.0 Å². The number of carbonyl (C=O) groups is 2. The van der Waals surface area contributed by atoms with Crippen LogP contribution in [0.15, 0.2) is 42.5 Å². The molecule has 0 radical (unpaired) electrons. The molecule has 2 aromatic rings. The van der Waals surface area contributed by atoms with Crippen molar-refractivity contribution < 1.29 is 9.59 Å². The highest BCUT2D eigenvalue weighted by Crippen LogP contribution is 2.20. The molecular formula is C21H26N2O2. The summed E-state index contributed by atoms with van der Waals surface area (Å²) in [6, 6.07) is 12.6. The van der Waals surface area contributed by atoms with Gasteiger partial charge in [0.2, 0.25) is 0 Å². The fourth-order valence-electron chi connectivity index (χ4n) is 2.65. The Kier molecular flexibility index (Phi) is 6.75. The molecule has 132 valence electrons. The number of aryl methyl sites for hydroxylation is 2. The zero-order chi connectivity index (χ0) is 18.2. The molecule has 0 heterocycles. The Morgan fingerprint density at radius 3 is 1.96 bits per heavy atom. The zero-order valence-electron chi connectivity index (χ0n) is 15.2. The number of hydrogen-bond donors (Lipinski definition) is 2. The van der Waals surface area contributed by atoms with Crippen molar-refractivity contribution in [3.63, 3.8) is 0 Å². The highest BCUT2D eigenvalue weighted by Gasteiger charge is 2.11. The summed E-state index contributed by atoms with van der Waals surface area (Å²) in [6.45, 7) is 6.74. The van der Waals surface area contributed by atoms with Crippen LogP contribution >= 0.6 is 0 Å². The van der Waals surface area contributed by atoms with Gasteiger partial charge in [-0.25, -0.2) is 0 Å². The van der Waals surface area contributed by atoms with Crippen molar-refractivity contribution in [2.24, 2.45) is 0 Å². The Balaban J connectivity index is 1.99. The third kappa shape index (κ3) is 5.18. The first-order valence-electron chi connectivity index (χ1n) is 8.78. The Bertz CT molecular complexity index is 716. The topological polar surface area (TPSA) is 58.2 Å². The van der Waals surface area contributed by atoms with Crippen LogP contribution in [-0.2, 0) is 0 Å². The maximum atomic E-state index is 12.4. The predicted molar refractivity (Wildman–Crippen MR) is 102 cm³/mol. The molecule has 4 nitrogen and oxygen atoms in total. The Hall–Kier alpha value is -2.62. The minimum atomic E-state index is -0.174. The molecule has 0 spiro atoms. The summed E-state index contributed by atoms with van der Waals surface area (Å²) in [5, 5.41) is 5.85. The molecule has 0 fully saturated rings. The summed E-state index contributed by atoms with van der Waals surface area (Å²) in [4.78, 5) is 24.5.